The molecule has 2 N–H and O–H groups in total. The Hall–Kier alpha value is -0.0800. The first-order valence-electron chi connectivity index (χ1n) is 12.2. The number of ether oxygens (including phenoxy) is 1. The summed E-state index contributed by atoms with van der Waals surface area (Å²) in [6.45, 7) is 5.17. The van der Waals surface area contributed by atoms with Crippen LogP contribution in [0.2, 0.25) is 0 Å². The third-order valence-corrected chi connectivity index (χ3v) is 5.26. The molecule has 26 heavy (non-hydrogen) atoms. The highest BCUT2D eigenvalue weighted by Crippen LogP contribution is 2.14. The second kappa shape index (κ2) is 24.9. The molecule has 2 heteroatoms. The Morgan fingerprint density at radius 1 is 0.462 bits per heavy atom. The Morgan fingerprint density at radius 3 is 0.885 bits per heavy atom. The third kappa shape index (κ3) is 28.7. The van der Waals surface area contributed by atoms with Crippen LogP contribution in [0.1, 0.15) is 135 Å². The quantitative estimate of drug-likeness (QED) is 0.176. The molecule has 1 aliphatic heterocycles. The fourth-order valence-electron chi connectivity index (χ4n) is 3.40. The normalized spacial score (nSPS) is 12.7. The Balaban J connectivity index is 0.00000187. The van der Waals surface area contributed by atoms with Crippen molar-refractivity contribution in [1.82, 2.24) is 0 Å². The molecule has 2 nitrogen and oxygen atoms in total. The van der Waals surface area contributed by atoms with Gasteiger partial charge in [0, 0.05) is 0 Å². The van der Waals surface area contributed by atoms with Crippen molar-refractivity contribution >= 4 is 0 Å². The smallest absolute Gasteiger partial charge is 0.0701 e. The van der Waals surface area contributed by atoms with E-state index in [1.54, 1.807) is 0 Å². The molecule has 0 aromatic carbocycles. The van der Waals surface area contributed by atoms with E-state index >= 15 is 0 Å². The zero-order chi connectivity index (χ0) is 19.0. The van der Waals surface area contributed by atoms with E-state index in [0.29, 0.717) is 0 Å². The Kier molecular flexibility index (Phi) is 24.8. The predicted molar refractivity (Wildman–Crippen MR) is 118 cm³/mol. The standard InChI is InChI=1S/C22H47N.C2H4O/c1-2-3-4-5-6-7-8-9-10-11-12-13-14-15-16-17-18-19-20-21-22-23;1-2-3-1/h2-23H2,1H3;1-2H2. The lowest BCUT2D eigenvalue weighted by Gasteiger charge is -2.04. The van der Waals surface area contributed by atoms with Crippen LogP contribution < -0.4 is 5.73 Å². The van der Waals surface area contributed by atoms with Crippen molar-refractivity contribution in [3.05, 3.63) is 0 Å². The van der Waals surface area contributed by atoms with Crippen LogP contribution in [-0.2, 0) is 4.74 Å². The van der Waals surface area contributed by atoms with Crippen molar-refractivity contribution in [3.63, 3.8) is 0 Å². The van der Waals surface area contributed by atoms with E-state index in [2.05, 4.69) is 11.7 Å². The first-order valence-corrected chi connectivity index (χ1v) is 12.2. The molecule has 1 rings (SSSR count). The Bertz CT molecular complexity index is 207. The number of nitrogens with two attached hydrogens (primary N) is 1. The van der Waals surface area contributed by atoms with Gasteiger partial charge in [0.15, 0.2) is 0 Å². The van der Waals surface area contributed by atoms with Crippen LogP contribution in [0.25, 0.3) is 0 Å². The van der Waals surface area contributed by atoms with Crippen LogP contribution in [0.15, 0.2) is 0 Å². The molecule has 0 unspecified atom stereocenters. The van der Waals surface area contributed by atoms with E-state index in [-0.39, 0.29) is 0 Å². The van der Waals surface area contributed by atoms with E-state index in [1.165, 1.54) is 128 Å². The third-order valence-electron chi connectivity index (χ3n) is 5.26. The minimum atomic E-state index is 0.874. The van der Waals surface area contributed by atoms with Gasteiger partial charge in [-0.05, 0) is 13.0 Å². The molecule has 0 aromatic rings. The molecule has 0 aromatic heterocycles. The molecule has 1 saturated heterocycles. The predicted octanol–water partition coefficient (Wildman–Crippen LogP) is 7.78. The van der Waals surface area contributed by atoms with Gasteiger partial charge in [0.25, 0.3) is 0 Å². The van der Waals surface area contributed by atoms with Gasteiger partial charge in [-0.1, -0.05) is 129 Å². The van der Waals surface area contributed by atoms with Crippen molar-refractivity contribution < 1.29 is 4.74 Å². The maximum atomic E-state index is 5.51. The van der Waals surface area contributed by atoms with Crippen LogP contribution >= 0.6 is 0 Å². The molecule has 0 aliphatic carbocycles. The second-order valence-corrected chi connectivity index (χ2v) is 8.12. The van der Waals surface area contributed by atoms with E-state index in [0.717, 1.165) is 19.8 Å². The van der Waals surface area contributed by atoms with Crippen LogP contribution in [0.5, 0.6) is 0 Å². The van der Waals surface area contributed by atoms with Crippen molar-refractivity contribution in [2.24, 2.45) is 5.73 Å². The van der Waals surface area contributed by atoms with Gasteiger partial charge >= 0.3 is 0 Å². The maximum absolute atomic E-state index is 5.51. The molecular weight excluding hydrogens is 318 g/mol. The molecule has 0 radical (unpaired) electrons. The topological polar surface area (TPSA) is 38.5 Å². The first kappa shape index (κ1) is 25.9. The van der Waals surface area contributed by atoms with Gasteiger partial charge in [0.2, 0.25) is 0 Å². The Labute approximate surface area is 166 Å². The average Bonchev–Trinajstić information content (AvgIpc) is 3.53. The molecule has 1 heterocycles. The lowest BCUT2D eigenvalue weighted by molar-refractivity contribution is 0.475. The molecule has 0 atom stereocenters. The lowest BCUT2D eigenvalue weighted by atomic mass is 10.0. The largest absolute Gasteiger partial charge is 0.377 e. The van der Waals surface area contributed by atoms with Crippen LogP contribution in [0.3, 0.4) is 0 Å². The van der Waals surface area contributed by atoms with Crippen molar-refractivity contribution in [3.8, 4) is 0 Å². The molecule has 0 amide bonds. The highest BCUT2D eigenvalue weighted by Gasteiger charge is 1.95. The summed E-state index contributed by atoms with van der Waals surface area (Å²) in [5.41, 5.74) is 5.51. The van der Waals surface area contributed by atoms with Crippen molar-refractivity contribution in [2.45, 2.75) is 135 Å². The summed E-state index contributed by atoms with van der Waals surface area (Å²) in [7, 11) is 0. The summed E-state index contributed by atoms with van der Waals surface area (Å²) in [5.74, 6) is 0. The molecule has 0 spiro atoms. The van der Waals surface area contributed by atoms with Crippen LogP contribution in [0, 0.1) is 0 Å². The first-order chi connectivity index (χ1) is 12.9. The lowest BCUT2D eigenvalue weighted by Crippen LogP contribution is -1.97. The molecule has 1 fully saturated rings. The number of hydrogen-bond acceptors (Lipinski definition) is 2. The summed E-state index contributed by atoms with van der Waals surface area (Å²) >= 11 is 0. The van der Waals surface area contributed by atoms with Gasteiger partial charge in [0.05, 0.1) is 13.2 Å². The average molecular weight is 370 g/mol. The zero-order valence-electron chi connectivity index (χ0n) is 18.2. The molecule has 1 aliphatic rings. The molecule has 0 bridgehead atoms. The van der Waals surface area contributed by atoms with E-state index in [1.807, 2.05) is 0 Å². The van der Waals surface area contributed by atoms with Gasteiger partial charge in [-0.2, -0.15) is 0 Å². The van der Waals surface area contributed by atoms with E-state index < -0.39 is 0 Å². The summed E-state index contributed by atoms with van der Waals surface area (Å²) < 4.78 is 4.50. The minimum Gasteiger partial charge on any atom is -0.377 e. The van der Waals surface area contributed by atoms with E-state index in [4.69, 9.17) is 5.73 Å². The van der Waals surface area contributed by atoms with Gasteiger partial charge in [-0.15, -0.1) is 0 Å². The van der Waals surface area contributed by atoms with Crippen LogP contribution in [0.4, 0.5) is 0 Å². The minimum absolute atomic E-state index is 0.874. The van der Waals surface area contributed by atoms with Gasteiger partial charge in [-0.3, -0.25) is 0 Å². The summed E-state index contributed by atoms with van der Waals surface area (Å²) in [4.78, 5) is 0. The zero-order valence-corrected chi connectivity index (χ0v) is 18.2. The highest BCUT2D eigenvalue weighted by molar-refractivity contribution is 4.51. The summed E-state index contributed by atoms with van der Waals surface area (Å²) in [5, 5.41) is 0. The number of hydrogen-bond donors (Lipinski definition) is 1. The van der Waals surface area contributed by atoms with Crippen molar-refractivity contribution in [2.75, 3.05) is 19.8 Å². The van der Waals surface area contributed by atoms with Gasteiger partial charge in [0.1, 0.15) is 0 Å². The second-order valence-electron chi connectivity index (χ2n) is 8.12. The SMILES string of the molecule is C1CO1.CCCCCCCCCCCCCCCCCCCCCCN. The van der Waals surface area contributed by atoms with Crippen LogP contribution in [-0.4, -0.2) is 19.8 Å². The molecule has 158 valence electrons. The van der Waals surface area contributed by atoms with Gasteiger partial charge in [-0.25, -0.2) is 0 Å². The molecular formula is C24H51NO. The van der Waals surface area contributed by atoms with Crippen molar-refractivity contribution in [1.29, 1.82) is 0 Å². The fourth-order valence-corrected chi connectivity index (χ4v) is 3.40. The number of unbranched alkanes of at least 4 members (excludes halogenated alkanes) is 19. The summed E-state index contributed by atoms with van der Waals surface area (Å²) in [6, 6.07) is 0. The van der Waals surface area contributed by atoms with Gasteiger partial charge < -0.3 is 10.5 Å². The fraction of sp³-hybridized carbons (Fsp3) is 1.00. The van der Waals surface area contributed by atoms with E-state index in [9.17, 15) is 0 Å². The maximum Gasteiger partial charge on any atom is 0.0701 e. The number of rotatable bonds is 20. The summed E-state index contributed by atoms with van der Waals surface area (Å²) in [6.07, 6.45) is 28.8. The Morgan fingerprint density at radius 2 is 0.692 bits per heavy atom. The molecule has 0 saturated carbocycles. The highest BCUT2D eigenvalue weighted by atomic mass is 16.6. The monoisotopic (exact) mass is 369 g/mol. The number of epoxide rings is 1.